The fourth-order valence-electron chi connectivity index (χ4n) is 4.24. The van der Waals surface area contributed by atoms with E-state index in [1.165, 1.54) is 12.1 Å². The molecule has 0 bridgehead atoms. The largest absolute Gasteiger partial charge is 0.497 e. The van der Waals surface area contributed by atoms with Gasteiger partial charge >= 0.3 is 5.97 Å². The van der Waals surface area contributed by atoms with Crippen LogP contribution in [0.3, 0.4) is 0 Å². The monoisotopic (exact) mass is 417 g/mol. The maximum absolute atomic E-state index is 13.7. The van der Waals surface area contributed by atoms with Gasteiger partial charge in [0, 0.05) is 28.9 Å². The summed E-state index contributed by atoms with van der Waals surface area (Å²) in [5, 5.41) is 0.954. The van der Waals surface area contributed by atoms with E-state index in [2.05, 4.69) is 0 Å². The van der Waals surface area contributed by atoms with Crippen LogP contribution in [0.1, 0.15) is 49.3 Å². The molecule has 2 fully saturated rings. The van der Waals surface area contributed by atoms with Crippen molar-refractivity contribution in [1.29, 1.82) is 0 Å². The Morgan fingerprint density at radius 2 is 1.94 bits per heavy atom. The molecule has 0 amide bonds. The van der Waals surface area contributed by atoms with Gasteiger partial charge in [0.1, 0.15) is 17.7 Å². The smallest absolute Gasteiger partial charge is 0.306 e. The van der Waals surface area contributed by atoms with E-state index in [4.69, 9.17) is 14.5 Å². The first-order valence-electron chi connectivity index (χ1n) is 10.8. The number of rotatable bonds is 5. The molecule has 0 unspecified atom stereocenters. The molecular formula is C26H24FNO3. The average molecular weight is 417 g/mol. The highest BCUT2D eigenvalue weighted by Crippen LogP contribution is 2.46. The number of halogens is 1. The fraction of sp³-hybridized carbons (Fsp3) is 0.308. The molecule has 3 aromatic rings. The molecule has 0 radical (unpaired) electrons. The minimum absolute atomic E-state index is 0.150. The van der Waals surface area contributed by atoms with Crippen molar-refractivity contribution in [3.05, 3.63) is 65.6 Å². The van der Waals surface area contributed by atoms with Gasteiger partial charge in [0.05, 0.1) is 18.3 Å². The predicted molar refractivity (Wildman–Crippen MR) is 118 cm³/mol. The molecule has 4 nitrogen and oxygen atoms in total. The van der Waals surface area contributed by atoms with E-state index in [9.17, 15) is 9.18 Å². The Bertz CT molecular complexity index is 1170. The van der Waals surface area contributed by atoms with E-state index in [1.54, 1.807) is 19.2 Å². The lowest BCUT2D eigenvalue weighted by atomic mass is 9.92. The second-order valence-corrected chi connectivity index (χ2v) is 8.23. The zero-order valence-corrected chi connectivity index (χ0v) is 17.4. The van der Waals surface area contributed by atoms with Gasteiger partial charge in [-0.15, -0.1) is 0 Å². The number of pyridine rings is 1. The summed E-state index contributed by atoms with van der Waals surface area (Å²) in [6.07, 6.45) is 8.14. The standard InChI is InChI=1S/C26H24FNO3/c1-30-20-12-14-23-22(15-20)25(16-7-9-18(27)10-8-16)21(26(28-23)17-5-6-17)13-11-19-3-2-4-24(29)31-19/h7-15,17,19H,2-6H2,1H3/b13-11+/t19-/m0/s1. The lowest BCUT2D eigenvalue weighted by Gasteiger charge is -2.20. The van der Waals surface area contributed by atoms with Crippen LogP contribution in [0.2, 0.25) is 0 Å². The van der Waals surface area contributed by atoms with Gasteiger partial charge in [0.25, 0.3) is 0 Å². The molecule has 2 aliphatic rings. The van der Waals surface area contributed by atoms with Gasteiger partial charge in [-0.25, -0.2) is 4.39 Å². The molecule has 1 aliphatic heterocycles. The molecule has 1 saturated carbocycles. The topological polar surface area (TPSA) is 48.4 Å². The first kappa shape index (κ1) is 19.7. The Balaban J connectivity index is 1.72. The average Bonchev–Trinajstić information content (AvgIpc) is 3.62. The van der Waals surface area contributed by atoms with Crippen molar-refractivity contribution < 1.29 is 18.7 Å². The van der Waals surface area contributed by atoms with Gasteiger partial charge < -0.3 is 9.47 Å². The lowest BCUT2D eigenvalue weighted by molar-refractivity contribution is -0.150. The summed E-state index contributed by atoms with van der Waals surface area (Å²) < 4.78 is 24.6. The number of nitrogens with zero attached hydrogens (tertiary/aromatic N) is 1. The highest BCUT2D eigenvalue weighted by atomic mass is 19.1. The van der Waals surface area contributed by atoms with Gasteiger partial charge in [-0.2, -0.15) is 0 Å². The highest BCUT2D eigenvalue weighted by Gasteiger charge is 2.30. The van der Waals surface area contributed by atoms with Crippen LogP contribution in [0.25, 0.3) is 28.1 Å². The number of esters is 1. The third-order valence-electron chi connectivity index (χ3n) is 5.99. The summed E-state index contributed by atoms with van der Waals surface area (Å²) in [6.45, 7) is 0. The van der Waals surface area contributed by atoms with Gasteiger partial charge in [0.2, 0.25) is 0 Å². The van der Waals surface area contributed by atoms with Crippen LogP contribution in [0.5, 0.6) is 5.75 Å². The van der Waals surface area contributed by atoms with Crippen LogP contribution >= 0.6 is 0 Å². The molecule has 0 N–H and O–H groups in total. The molecule has 1 saturated heterocycles. The minimum atomic E-state index is -0.270. The number of hydrogen-bond acceptors (Lipinski definition) is 4. The molecule has 1 atom stereocenters. The number of cyclic esters (lactones) is 1. The quantitative estimate of drug-likeness (QED) is 0.475. The maximum atomic E-state index is 13.7. The Hall–Kier alpha value is -3.21. The summed E-state index contributed by atoms with van der Waals surface area (Å²) in [6, 6.07) is 12.4. The van der Waals surface area contributed by atoms with Crippen LogP contribution in [-0.2, 0) is 9.53 Å². The number of methoxy groups -OCH3 is 1. The third kappa shape index (κ3) is 4.05. The number of carbonyl (C=O) groups is 1. The predicted octanol–water partition coefficient (Wildman–Crippen LogP) is 6.04. The second-order valence-electron chi connectivity index (χ2n) is 8.23. The molecular weight excluding hydrogens is 393 g/mol. The number of aromatic nitrogens is 1. The third-order valence-corrected chi connectivity index (χ3v) is 5.99. The maximum Gasteiger partial charge on any atom is 0.306 e. The van der Waals surface area contributed by atoms with E-state index >= 15 is 0 Å². The molecule has 0 spiro atoms. The van der Waals surface area contributed by atoms with Crippen molar-refractivity contribution in [3.8, 4) is 16.9 Å². The zero-order valence-electron chi connectivity index (χ0n) is 17.4. The van der Waals surface area contributed by atoms with Crippen LogP contribution in [0, 0.1) is 5.82 Å². The van der Waals surface area contributed by atoms with Crippen molar-refractivity contribution in [2.24, 2.45) is 0 Å². The summed E-state index contributed by atoms with van der Waals surface area (Å²) in [7, 11) is 1.64. The molecule has 5 rings (SSSR count). The Labute approximate surface area is 180 Å². The minimum Gasteiger partial charge on any atom is -0.497 e. The van der Waals surface area contributed by atoms with E-state index in [1.807, 2.05) is 30.4 Å². The van der Waals surface area contributed by atoms with Crippen LogP contribution in [-0.4, -0.2) is 24.2 Å². The van der Waals surface area contributed by atoms with Gasteiger partial charge in [-0.05, 0) is 67.7 Å². The van der Waals surface area contributed by atoms with E-state index in [-0.39, 0.29) is 17.9 Å². The van der Waals surface area contributed by atoms with Gasteiger partial charge in [-0.1, -0.05) is 18.2 Å². The van der Waals surface area contributed by atoms with E-state index in [0.717, 1.165) is 64.7 Å². The van der Waals surface area contributed by atoms with E-state index < -0.39 is 0 Å². The zero-order chi connectivity index (χ0) is 21.4. The SMILES string of the molecule is COc1ccc2nc(C3CC3)c(/C=C/[C@@H]3CCCC(=O)O3)c(-c3ccc(F)cc3)c2c1. The number of benzene rings is 2. The Kier molecular flexibility index (Phi) is 5.18. The Morgan fingerprint density at radius 1 is 1.13 bits per heavy atom. The van der Waals surface area contributed by atoms with Crippen molar-refractivity contribution in [2.45, 2.75) is 44.1 Å². The molecule has 2 heterocycles. The normalized spacial score (nSPS) is 19.0. The lowest BCUT2D eigenvalue weighted by Crippen LogP contribution is -2.21. The molecule has 158 valence electrons. The molecule has 1 aromatic heterocycles. The van der Waals surface area contributed by atoms with Crippen molar-refractivity contribution in [2.75, 3.05) is 7.11 Å². The summed E-state index contributed by atoms with van der Waals surface area (Å²) >= 11 is 0. The van der Waals surface area contributed by atoms with Crippen molar-refractivity contribution >= 4 is 22.9 Å². The van der Waals surface area contributed by atoms with Gasteiger partial charge in [0.15, 0.2) is 0 Å². The fourth-order valence-corrected chi connectivity index (χ4v) is 4.24. The number of fused-ring (bicyclic) bond motifs is 1. The van der Waals surface area contributed by atoms with Crippen molar-refractivity contribution in [3.63, 3.8) is 0 Å². The summed E-state index contributed by atoms with van der Waals surface area (Å²) in [5.41, 5.74) is 4.88. The van der Waals surface area contributed by atoms with Crippen LogP contribution < -0.4 is 4.74 Å². The Morgan fingerprint density at radius 3 is 2.65 bits per heavy atom. The first-order valence-corrected chi connectivity index (χ1v) is 10.8. The number of ether oxygens (including phenoxy) is 2. The van der Waals surface area contributed by atoms with Crippen LogP contribution in [0.15, 0.2) is 48.5 Å². The summed E-state index contributed by atoms with van der Waals surface area (Å²) in [5.74, 6) is 0.740. The first-order chi connectivity index (χ1) is 15.1. The van der Waals surface area contributed by atoms with Crippen LogP contribution in [0.4, 0.5) is 4.39 Å². The molecule has 31 heavy (non-hydrogen) atoms. The van der Waals surface area contributed by atoms with Gasteiger partial charge in [-0.3, -0.25) is 9.78 Å². The number of carbonyl (C=O) groups excluding carboxylic acids is 1. The molecule has 5 heteroatoms. The highest BCUT2D eigenvalue weighted by molar-refractivity contribution is 6.00. The van der Waals surface area contributed by atoms with E-state index in [0.29, 0.717) is 12.3 Å². The summed E-state index contributed by atoms with van der Waals surface area (Å²) in [4.78, 5) is 16.7. The second kappa shape index (κ2) is 8.14. The van der Waals surface area contributed by atoms with Crippen molar-refractivity contribution in [1.82, 2.24) is 4.98 Å². The molecule has 2 aromatic carbocycles. The molecule has 1 aliphatic carbocycles. The number of hydrogen-bond donors (Lipinski definition) is 0.